The van der Waals surface area contributed by atoms with Crippen LogP contribution in [0.4, 0.5) is 4.39 Å². The monoisotopic (exact) mass is 369 g/mol. The van der Waals surface area contributed by atoms with Gasteiger partial charge in [0.2, 0.25) is 6.36 Å². The topological polar surface area (TPSA) is 198 Å². The van der Waals surface area contributed by atoms with Crippen molar-refractivity contribution in [2.75, 3.05) is 13.2 Å². The molecule has 0 amide bonds. The summed E-state index contributed by atoms with van der Waals surface area (Å²) in [6.07, 6.45) is -15.2. The Morgan fingerprint density at radius 1 is 0.960 bits per heavy atom. The Bertz CT molecular complexity index is 492. The van der Waals surface area contributed by atoms with Crippen LogP contribution in [0.3, 0.4) is 0 Å². The third kappa shape index (κ3) is 4.01. The minimum atomic E-state index is -2.26. The highest BCUT2D eigenvalue weighted by Gasteiger charge is 2.50. The summed E-state index contributed by atoms with van der Waals surface area (Å²) < 4.78 is 28.6. The average molecular weight is 369 g/mol. The molecule has 0 saturated carbocycles. The predicted octanol–water partition coefficient (Wildman–Crippen LogP) is -3.10. The van der Waals surface area contributed by atoms with Crippen molar-refractivity contribution in [1.29, 1.82) is 0 Å². The fraction of sp³-hybridized carbons (Fsp3) is 1.00. The van der Waals surface area contributed by atoms with E-state index in [-0.39, 0.29) is 0 Å². The molecule has 4 unspecified atom stereocenters. The third-order valence-corrected chi connectivity index (χ3v) is 4.13. The van der Waals surface area contributed by atoms with E-state index in [1.807, 2.05) is 0 Å². The Kier molecular flexibility index (Phi) is 6.87. The van der Waals surface area contributed by atoms with Crippen LogP contribution in [0.2, 0.25) is 0 Å². The van der Waals surface area contributed by atoms with E-state index >= 15 is 0 Å². The van der Waals surface area contributed by atoms with Gasteiger partial charge in [-0.2, -0.15) is 0 Å². The number of hydrogen-bond acceptors (Lipinski definition) is 10. The molecule has 2 saturated heterocycles. The van der Waals surface area contributed by atoms with Gasteiger partial charge in [0.15, 0.2) is 6.29 Å². The van der Waals surface area contributed by atoms with Gasteiger partial charge in [0.25, 0.3) is 0 Å². The van der Waals surface area contributed by atoms with Crippen LogP contribution in [0.1, 0.15) is 0 Å². The molecule has 2 aliphatic rings. The predicted molar refractivity (Wildman–Crippen MR) is 74.4 cm³/mol. The number of rotatable bonds is 5. The van der Waals surface area contributed by atoms with Gasteiger partial charge in [-0.15, -0.1) is 0 Å². The van der Waals surface area contributed by atoms with Crippen molar-refractivity contribution in [3.63, 3.8) is 0 Å². The minimum Gasteiger partial charge on any atom is -0.394 e. The zero-order valence-electron chi connectivity index (χ0n) is 12.8. The number of azide groups is 1. The molecule has 2 heterocycles. The first-order chi connectivity index (χ1) is 11.8. The van der Waals surface area contributed by atoms with Crippen molar-refractivity contribution < 1.29 is 49.2 Å². The maximum Gasteiger partial charge on any atom is 0.228 e. The smallest absolute Gasteiger partial charge is 0.228 e. The highest BCUT2D eigenvalue weighted by molar-refractivity contribution is 4.96. The molecule has 0 radical (unpaired) electrons. The lowest BCUT2D eigenvalue weighted by molar-refractivity contribution is -0.338. The molecule has 0 aromatic carbocycles. The van der Waals surface area contributed by atoms with Crippen LogP contribution < -0.4 is 0 Å². The molecule has 0 aromatic rings. The molecule has 10 atom stereocenters. The molecule has 0 aromatic heterocycles. The molecule has 2 aliphatic heterocycles. The Labute approximate surface area is 140 Å². The molecule has 25 heavy (non-hydrogen) atoms. The van der Waals surface area contributed by atoms with Gasteiger partial charge in [-0.3, -0.25) is 0 Å². The second-order valence-corrected chi connectivity index (χ2v) is 5.69. The van der Waals surface area contributed by atoms with Crippen molar-refractivity contribution >= 4 is 0 Å². The molecule has 2 fully saturated rings. The van der Waals surface area contributed by atoms with Crippen molar-refractivity contribution in [3.05, 3.63) is 10.4 Å². The molecule has 6 N–H and O–H groups in total. The first kappa shape index (κ1) is 20.2. The number of halogens is 1. The number of aliphatic hydroxyl groups is 6. The summed E-state index contributed by atoms with van der Waals surface area (Å²) in [6, 6.07) is -1.30. The number of ether oxygens (including phenoxy) is 3. The number of hydrogen-bond donors (Lipinski definition) is 6. The lowest BCUT2D eigenvalue weighted by Crippen LogP contribution is -2.63. The summed E-state index contributed by atoms with van der Waals surface area (Å²) >= 11 is 0. The standard InChI is InChI=1S/C12H20FN3O9/c13-11-8(21)7(20)10(4(2-18)23-11)25-12-9(22)6(19)5(15-16-14)3(1-17)24-12/h3-12,17-22H,1-2H2/t3?,4?,5-,6+,7-,8?,9?,10-,11+,12-/m1/s1. The maximum atomic E-state index is 13.4. The van der Waals surface area contributed by atoms with E-state index < -0.39 is 74.6 Å². The highest BCUT2D eigenvalue weighted by Crippen LogP contribution is 2.30. The molecule has 0 spiro atoms. The fourth-order valence-corrected chi connectivity index (χ4v) is 2.75. The fourth-order valence-electron chi connectivity index (χ4n) is 2.75. The van der Waals surface area contributed by atoms with E-state index in [2.05, 4.69) is 14.8 Å². The average Bonchev–Trinajstić information content (AvgIpc) is 2.61. The van der Waals surface area contributed by atoms with Gasteiger partial charge in [0, 0.05) is 4.91 Å². The van der Waals surface area contributed by atoms with E-state index in [0.717, 1.165) is 0 Å². The van der Waals surface area contributed by atoms with E-state index in [9.17, 15) is 35.0 Å². The van der Waals surface area contributed by atoms with E-state index in [1.165, 1.54) is 0 Å². The van der Waals surface area contributed by atoms with E-state index in [1.54, 1.807) is 0 Å². The molecular weight excluding hydrogens is 349 g/mol. The number of alkyl halides is 1. The molecule has 2 rings (SSSR count). The molecule has 0 aliphatic carbocycles. The second-order valence-electron chi connectivity index (χ2n) is 5.69. The molecule has 12 nitrogen and oxygen atoms in total. The summed E-state index contributed by atoms with van der Waals surface area (Å²) in [5, 5.41) is 61.3. The first-order valence-corrected chi connectivity index (χ1v) is 7.44. The first-order valence-electron chi connectivity index (χ1n) is 7.44. The van der Waals surface area contributed by atoms with Gasteiger partial charge >= 0.3 is 0 Å². The number of nitrogens with zero attached hydrogens (tertiary/aromatic N) is 3. The van der Waals surface area contributed by atoms with Gasteiger partial charge in [-0.05, 0) is 5.53 Å². The molecule has 144 valence electrons. The summed E-state index contributed by atoms with van der Waals surface area (Å²) in [5.74, 6) is 0. The normalized spacial score (nSPS) is 48.0. The van der Waals surface area contributed by atoms with Crippen LogP contribution >= 0.6 is 0 Å². The number of aliphatic hydroxyl groups excluding tert-OH is 6. The molecule has 13 heteroatoms. The van der Waals surface area contributed by atoms with E-state index in [4.69, 9.17) is 15.0 Å². The van der Waals surface area contributed by atoms with Crippen molar-refractivity contribution in [2.45, 2.75) is 61.4 Å². The van der Waals surface area contributed by atoms with Crippen LogP contribution in [-0.4, -0.2) is 105 Å². The van der Waals surface area contributed by atoms with E-state index in [0.29, 0.717) is 0 Å². The Hall–Kier alpha value is -1.12. The third-order valence-electron chi connectivity index (χ3n) is 4.13. The lowest BCUT2D eigenvalue weighted by atomic mass is 9.96. The quantitative estimate of drug-likeness (QED) is 0.165. The maximum absolute atomic E-state index is 13.4. The van der Waals surface area contributed by atoms with Gasteiger partial charge in [0.1, 0.15) is 30.5 Å². The van der Waals surface area contributed by atoms with Crippen molar-refractivity contribution in [1.82, 2.24) is 0 Å². The lowest BCUT2D eigenvalue weighted by Gasteiger charge is -2.45. The van der Waals surface area contributed by atoms with Crippen molar-refractivity contribution in [3.8, 4) is 0 Å². The summed E-state index contributed by atoms with van der Waals surface area (Å²) in [4.78, 5) is 2.49. The Morgan fingerprint density at radius 2 is 1.60 bits per heavy atom. The summed E-state index contributed by atoms with van der Waals surface area (Å²) in [5.41, 5.74) is 8.47. The zero-order chi connectivity index (χ0) is 18.7. The van der Waals surface area contributed by atoms with Crippen LogP contribution in [0, 0.1) is 0 Å². The van der Waals surface area contributed by atoms with Crippen LogP contribution in [0.5, 0.6) is 0 Å². The summed E-state index contributed by atoms with van der Waals surface area (Å²) in [7, 11) is 0. The second kappa shape index (κ2) is 8.51. The Morgan fingerprint density at radius 3 is 2.16 bits per heavy atom. The minimum absolute atomic E-state index is 0.685. The van der Waals surface area contributed by atoms with Gasteiger partial charge < -0.3 is 44.8 Å². The van der Waals surface area contributed by atoms with Crippen LogP contribution in [0.15, 0.2) is 5.11 Å². The zero-order valence-corrected chi connectivity index (χ0v) is 12.8. The molecule has 0 bridgehead atoms. The van der Waals surface area contributed by atoms with Gasteiger partial charge in [-0.25, -0.2) is 4.39 Å². The Balaban J connectivity index is 2.16. The van der Waals surface area contributed by atoms with Gasteiger partial charge in [-0.1, -0.05) is 5.11 Å². The van der Waals surface area contributed by atoms with Crippen LogP contribution in [-0.2, 0) is 14.2 Å². The van der Waals surface area contributed by atoms with Gasteiger partial charge in [0.05, 0.1) is 31.5 Å². The van der Waals surface area contributed by atoms with Crippen LogP contribution in [0.25, 0.3) is 10.4 Å². The highest BCUT2D eigenvalue weighted by atomic mass is 19.1. The summed E-state index contributed by atoms with van der Waals surface area (Å²) in [6.45, 7) is -1.46. The molecular formula is C12H20FN3O9. The van der Waals surface area contributed by atoms with Crippen molar-refractivity contribution in [2.24, 2.45) is 5.11 Å². The SMILES string of the molecule is [N-]=[N+]=N[C@@H]1C(CO)O[C@H](O[C@@H]2C(CO)O[C@H](F)C(O)[C@H]2O)C(O)[C@H]1O. The largest absolute Gasteiger partial charge is 0.394 e.